The highest BCUT2D eigenvalue weighted by atomic mass is 15.0. The summed E-state index contributed by atoms with van der Waals surface area (Å²) in [7, 11) is 0. The minimum atomic E-state index is 0.573. The summed E-state index contributed by atoms with van der Waals surface area (Å²) in [4.78, 5) is 7.83. The van der Waals surface area contributed by atoms with E-state index in [1.165, 1.54) is 10.8 Å². The molecule has 0 aliphatic carbocycles. The molecule has 7 aromatic carbocycles. The van der Waals surface area contributed by atoms with E-state index in [1.54, 1.807) is 0 Å². The maximum absolute atomic E-state index is 8.19. The average molecular weight is 611 g/mol. The van der Waals surface area contributed by atoms with Crippen molar-refractivity contribution in [2.75, 3.05) is 0 Å². The second kappa shape index (κ2) is 10.9. The van der Waals surface area contributed by atoms with Crippen LogP contribution >= 0.6 is 0 Å². The quantitative estimate of drug-likeness (QED) is 0.177. The van der Waals surface area contributed by atoms with Gasteiger partial charge < -0.3 is 9.13 Å². The van der Waals surface area contributed by atoms with Gasteiger partial charge in [0.2, 0.25) is 0 Å². The molecule has 0 aliphatic rings. The van der Waals surface area contributed by atoms with Gasteiger partial charge in [-0.1, -0.05) is 115 Å². The van der Waals surface area contributed by atoms with E-state index < -0.39 is 0 Å². The Hall–Kier alpha value is -6.88. The molecule has 9 rings (SSSR count). The number of benzene rings is 7. The van der Waals surface area contributed by atoms with Crippen LogP contribution < -0.4 is 0 Å². The summed E-state index contributed by atoms with van der Waals surface area (Å²) < 4.78 is 4.56. The van der Waals surface area contributed by atoms with Gasteiger partial charge in [0.05, 0.1) is 35.2 Å². The van der Waals surface area contributed by atoms with Crippen LogP contribution in [0.5, 0.6) is 0 Å². The summed E-state index contributed by atoms with van der Waals surface area (Å²) in [5.41, 5.74) is 11.3. The lowest BCUT2D eigenvalue weighted by molar-refractivity contribution is 1.18. The monoisotopic (exact) mass is 610 g/mol. The predicted molar refractivity (Wildman–Crippen MR) is 199 cm³/mol. The van der Waals surface area contributed by atoms with E-state index in [4.69, 9.17) is 13.1 Å². The molecular weight excluding hydrogens is 585 g/mol. The van der Waals surface area contributed by atoms with E-state index in [0.717, 1.165) is 66.5 Å². The van der Waals surface area contributed by atoms with Gasteiger partial charge in [-0.3, -0.25) is 0 Å². The minimum Gasteiger partial charge on any atom is -0.310 e. The molecule has 0 N–H and O–H groups in total. The van der Waals surface area contributed by atoms with E-state index in [1.807, 2.05) is 36.4 Å². The summed E-state index contributed by atoms with van der Waals surface area (Å²) in [5.74, 6) is 0. The number of rotatable bonds is 4. The molecule has 0 bridgehead atoms. The van der Waals surface area contributed by atoms with E-state index in [9.17, 15) is 0 Å². The predicted octanol–water partition coefficient (Wildman–Crippen LogP) is 12.3. The second-order valence-corrected chi connectivity index (χ2v) is 11.9. The fourth-order valence-corrected chi connectivity index (χ4v) is 7.31. The Morgan fingerprint density at radius 2 is 0.854 bits per heavy atom. The molecule has 9 aromatic rings. The summed E-state index contributed by atoms with van der Waals surface area (Å²) >= 11 is 0. The van der Waals surface area contributed by atoms with Crippen LogP contribution in [0.1, 0.15) is 0 Å². The molecule has 0 unspecified atom stereocenters. The molecule has 2 heterocycles. The van der Waals surface area contributed by atoms with Crippen LogP contribution in [-0.2, 0) is 0 Å². The number of para-hydroxylation sites is 4. The average Bonchev–Trinajstić information content (AvgIpc) is 3.67. The first-order valence-electron chi connectivity index (χ1n) is 15.8. The highest BCUT2D eigenvalue weighted by Gasteiger charge is 2.20. The van der Waals surface area contributed by atoms with Crippen molar-refractivity contribution < 1.29 is 0 Å². The molecule has 4 heteroatoms. The molecule has 0 fully saturated rings. The normalized spacial score (nSPS) is 11.3. The standard InChI is InChI=1S/C44H26N4/c1-45-29-23-25-37(44(27-29)48-42-21-11-7-17-35(42)36-18-8-12-22-43(36)48)31-13-3-4-14-32(31)38-28-30(24-26-39(38)46-2)47-40-19-9-5-15-33(40)34-16-6-10-20-41(34)47/h3-28H. The molecule has 0 amide bonds. The van der Waals surface area contributed by atoms with Gasteiger partial charge in [0.25, 0.3) is 0 Å². The fraction of sp³-hybridized carbons (Fsp3) is 0. The lowest BCUT2D eigenvalue weighted by atomic mass is 9.92. The Morgan fingerprint density at radius 3 is 1.38 bits per heavy atom. The first-order chi connectivity index (χ1) is 23.7. The molecule has 0 spiro atoms. The molecule has 48 heavy (non-hydrogen) atoms. The molecule has 2 aromatic heterocycles. The maximum atomic E-state index is 8.19. The van der Waals surface area contributed by atoms with Crippen molar-refractivity contribution in [3.63, 3.8) is 0 Å². The largest absolute Gasteiger partial charge is 0.310 e. The summed E-state index contributed by atoms with van der Waals surface area (Å²) in [6.45, 7) is 16.1. The Kier molecular flexibility index (Phi) is 6.22. The molecular formula is C44H26N4. The minimum absolute atomic E-state index is 0.573. The molecule has 0 atom stereocenters. The van der Waals surface area contributed by atoms with Crippen molar-refractivity contribution in [3.05, 3.63) is 181 Å². The number of fused-ring (bicyclic) bond motifs is 6. The number of hydrogen-bond donors (Lipinski definition) is 0. The first kappa shape index (κ1) is 27.4. The van der Waals surface area contributed by atoms with Gasteiger partial charge in [0.15, 0.2) is 11.4 Å². The first-order valence-corrected chi connectivity index (χ1v) is 15.8. The van der Waals surface area contributed by atoms with Gasteiger partial charge in [-0.25, -0.2) is 9.69 Å². The Balaban J connectivity index is 1.32. The van der Waals surface area contributed by atoms with Crippen LogP contribution in [0, 0.1) is 13.1 Å². The number of hydrogen-bond acceptors (Lipinski definition) is 0. The van der Waals surface area contributed by atoms with Gasteiger partial charge in [-0.2, -0.15) is 0 Å². The van der Waals surface area contributed by atoms with Crippen molar-refractivity contribution in [1.29, 1.82) is 0 Å². The molecule has 0 aliphatic heterocycles. The zero-order chi connectivity index (χ0) is 32.2. The summed E-state index contributed by atoms with van der Waals surface area (Å²) in [6.07, 6.45) is 0. The molecule has 0 saturated carbocycles. The van der Waals surface area contributed by atoms with Gasteiger partial charge in [0, 0.05) is 38.5 Å². The van der Waals surface area contributed by atoms with Crippen molar-refractivity contribution in [2.45, 2.75) is 0 Å². The molecule has 222 valence electrons. The van der Waals surface area contributed by atoms with Crippen molar-refractivity contribution in [1.82, 2.24) is 9.13 Å². The Morgan fingerprint density at radius 1 is 0.375 bits per heavy atom. The Labute approximate surface area is 277 Å². The number of nitrogens with zero attached hydrogens (tertiary/aromatic N) is 4. The second-order valence-electron chi connectivity index (χ2n) is 11.9. The SMILES string of the molecule is [C-]#[N+]c1ccc(-c2ccccc2-c2cc(-n3c4ccccc4c4ccccc43)ccc2[N+]#[C-])c(-n2c3ccccc3c3ccccc32)c1. The summed E-state index contributed by atoms with van der Waals surface area (Å²) in [6, 6.07) is 54.2. The van der Waals surface area contributed by atoms with Gasteiger partial charge in [-0.15, -0.1) is 0 Å². The molecule has 0 radical (unpaired) electrons. The van der Waals surface area contributed by atoms with Crippen LogP contribution in [0.4, 0.5) is 11.4 Å². The van der Waals surface area contributed by atoms with Crippen LogP contribution in [0.25, 0.3) is 86.9 Å². The smallest absolute Gasteiger partial charge is 0.195 e. The molecule has 4 nitrogen and oxygen atoms in total. The fourth-order valence-electron chi connectivity index (χ4n) is 7.31. The number of aromatic nitrogens is 2. The van der Waals surface area contributed by atoms with Gasteiger partial charge in [0.1, 0.15) is 0 Å². The molecule has 0 saturated heterocycles. The zero-order valence-electron chi connectivity index (χ0n) is 25.8. The van der Waals surface area contributed by atoms with E-state index >= 15 is 0 Å². The topological polar surface area (TPSA) is 18.6 Å². The van der Waals surface area contributed by atoms with Crippen molar-refractivity contribution in [2.24, 2.45) is 0 Å². The lowest BCUT2D eigenvalue weighted by Gasteiger charge is -2.19. The maximum Gasteiger partial charge on any atom is 0.195 e. The summed E-state index contributed by atoms with van der Waals surface area (Å²) in [5, 5.41) is 4.71. The highest BCUT2D eigenvalue weighted by molar-refractivity contribution is 6.11. The third-order valence-corrected chi connectivity index (χ3v) is 9.38. The van der Waals surface area contributed by atoms with E-state index in [0.29, 0.717) is 11.4 Å². The third-order valence-electron chi connectivity index (χ3n) is 9.38. The van der Waals surface area contributed by atoms with Crippen molar-refractivity contribution >= 4 is 55.0 Å². The highest BCUT2D eigenvalue weighted by Crippen LogP contribution is 2.44. The van der Waals surface area contributed by atoms with Crippen molar-refractivity contribution in [3.8, 4) is 33.6 Å². The van der Waals surface area contributed by atoms with Gasteiger partial charge >= 0.3 is 0 Å². The Bertz CT molecular complexity index is 2710. The van der Waals surface area contributed by atoms with E-state index in [2.05, 4.69) is 140 Å². The van der Waals surface area contributed by atoms with Crippen LogP contribution in [0.3, 0.4) is 0 Å². The van der Waals surface area contributed by atoms with Gasteiger partial charge in [-0.05, 0) is 59.2 Å². The van der Waals surface area contributed by atoms with Crippen LogP contribution in [0.15, 0.2) is 158 Å². The zero-order valence-corrected chi connectivity index (χ0v) is 25.8. The van der Waals surface area contributed by atoms with Crippen LogP contribution in [-0.4, -0.2) is 9.13 Å². The van der Waals surface area contributed by atoms with Crippen LogP contribution in [0.2, 0.25) is 0 Å². The third kappa shape index (κ3) is 4.07. The lowest BCUT2D eigenvalue weighted by Crippen LogP contribution is -1.99. The van der Waals surface area contributed by atoms with E-state index in [-0.39, 0.29) is 0 Å².